The Morgan fingerprint density at radius 1 is 1.08 bits per heavy atom. The number of hydrogen-bond acceptors (Lipinski definition) is 4. The van der Waals surface area contributed by atoms with E-state index in [1.165, 1.54) is 5.56 Å². The molecule has 136 valence electrons. The predicted octanol–water partition coefficient (Wildman–Crippen LogP) is 1.20. The number of hydrogen-bond donors (Lipinski definition) is 1. The molecule has 1 aromatic carbocycles. The maximum Gasteiger partial charge on any atom is 0.254 e. The summed E-state index contributed by atoms with van der Waals surface area (Å²) in [5.41, 5.74) is 0.184. The molecule has 4 rings (SSSR count). The number of likely N-dealkylation sites (tertiary alicyclic amines) is 3. The Bertz CT molecular complexity index is 627. The molecule has 1 aromatic rings. The van der Waals surface area contributed by atoms with Gasteiger partial charge in [0.25, 0.3) is 5.91 Å². The van der Waals surface area contributed by atoms with Crippen molar-refractivity contribution in [3.63, 3.8) is 0 Å². The quantitative estimate of drug-likeness (QED) is 0.877. The Labute approximate surface area is 150 Å². The van der Waals surface area contributed by atoms with Gasteiger partial charge in [-0.2, -0.15) is 0 Å². The van der Waals surface area contributed by atoms with E-state index in [-0.39, 0.29) is 5.91 Å². The third kappa shape index (κ3) is 2.98. The molecule has 0 saturated carbocycles. The van der Waals surface area contributed by atoms with Crippen molar-refractivity contribution in [3.8, 4) is 0 Å². The van der Waals surface area contributed by atoms with E-state index >= 15 is 0 Å². The van der Waals surface area contributed by atoms with Crippen LogP contribution in [0.5, 0.6) is 0 Å². The zero-order chi connectivity index (χ0) is 17.6. The fourth-order valence-corrected chi connectivity index (χ4v) is 5.07. The summed E-state index contributed by atoms with van der Waals surface area (Å²) in [4.78, 5) is 19.6. The lowest BCUT2D eigenvalue weighted by Gasteiger charge is -2.38. The molecule has 5 heteroatoms. The highest BCUT2D eigenvalue weighted by atomic mass is 16.3. The van der Waals surface area contributed by atoms with Crippen molar-refractivity contribution in [3.05, 3.63) is 35.9 Å². The monoisotopic (exact) mass is 343 g/mol. The SMILES string of the molecule is CN1CCC(O)(C(=O)N2C[C@@H]3CN(C)[C@@H](c4ccccc4)[C@@H]3C2)CC1. The summed E-state index contributed by atoms with van der Waals surface area (Å²) in [7, 11) is 4.23. The Kier molecular flexibility index (Phi) is 4.34. The average molecular weight is 343 g/mol. The Morgan fingerprint density at radius 2 is 1.76 bits per heavy atom. The molecule has 3 saturated heterocycles. The Morgan fingerprint density at radius 3 is 2.44 bits per heavy atom. The molecule has 3 aliphatic heterocycles. The molecule has 5 nitrogen and oxygen atoms in total. The second-order valence-electron chi connectivity index (χ2n) is 8.26. The summed E-state index contributed by atoms with van der Waals surface area (Å²) in [6.07, 6.45) is 1.10. The minimum Gasteiger partial charge on any atom is -0.380 e. The van der Waals surface area contributed by atoms with Gasteiger partial charge in [-0.1, -0.05) is 30.3 Å². The molecule has 3 heterocycles. The minimum absolute atomic E-state index is 0.0375. The lowest BCUT2D eigenvalue weighted by molar-refractivity contribution is -0.155. The van der Waals surface area contributed by atoms with Crippen LogP contribution in [0.3, 0.4) is 0 Å². The zero-order valence-corrected chi connectivity index (χ0v) is 15.3. The van der Waals surface area contributed by atoms with Gasteiger partial charge in [0.15, 0.2) is 0 Å². The third-order valence-corrected chi connectivity index (χ3v) is 6.54. The molecule has 0 unspecified atom stereocenters. The summed E-state index contributed by atoms with van der Waals surface area (Å²) in [6.45, 7) is 4.16. The first-order valence-electron chi connectivity index (χ1n) is 9.43. The molecule has 0 aliphatic carbocycles. The Balaban J connectivity index is 1.49. The number of carbonyl (C=O) groups excluding carboxylic acids is 1. The molecule has 25 heavy (non-hydrogen) atoms. The first-order chi connectivity index (χ1) is 12.0. The third-order valence-electron chi connectivity index (χ3n) is 6.54. The van der Waals surface area contributed by atoms with Gasteiger partial charge in [0.05, 0.1) is 0 Å². The molecular formula is C20H29N3O2. The van der Waals surface area contributed by atoms with E-state index in [2.05, 4.69) is 47.2 Å². The van der Waals surface area contributed by atoms with Crippen LogP contribution in [-0.2, 0) is 4.79 Å². The number of nitrogens with zero attached hydrogens (tertiary/aromatic N) is 3. The van der Waals surface area contributed by atoms with Gasteiger partial charge in [0.2, 0.25) is 0 Å². The van der Waals surface area contributed by atoms with Crippen molar-refractivity contribution < 1.29 is 9.90 Å². The highest BCUT2D eigenvalue weighted by Crippen LogP contribution is 2.44. The number of amides is 1. The van der Waals surface area contributed by atoms with Crippen LogP contribution in [0.2, 0.25) is 0 Å². The molecule has 0 bridgehead atoms. The van der Waals surface area contributed by atoms with Gasteiger partial charge in [-0.25, -0.2) is 0 Å². The second kappa shape index (κ2) is 6.38. The van der Waals surface area contributed by atoms with Gasteiger partial charge < -0.3 is 14.9 Å². The van der Waals surface area contributed by atoms with Gasteiger partial charge in [-0.3, -0.25) is 9.69 Å². The molecule has 0 spiro atoms. The van der Waals surface area contributed by atoms with Gasteiger partial charge in [-0.15, -0.1) is 0 Å². The maximum absolute atomic E-state index is 13.0. The molecule has 1 N–H and O–H groups in total. The van der Waals surface area contributed by atoms with Crippen LogP contribution in [0.4, 0.5) is 0 Å². The summed E-state index contributed by atoms with van der Waals surface area (Å²) in [5.74, 6) is 0.935. The van der Waals surface area contributed by atoms with Gasteiger partial charge in [0.1, 0.15) is 5.60 Å². The van der Waals surface area contributed by atoms with E-state index in [9.17, 15) is 9.90 Å². The standard InChI is InChI=1S/C20H29N3O2/c1-21-10-8-20(25,9-11-21)19(24)23-13-16-12-22(2)18(17(16)14-23)15-6-4-3-5-7-15/h3-7,16-18,25H,8-14H2,1-2H3/t16-,17+,18-/m0/s1. The van der Waals surface area contributed by atoms with Crippen LogP contribution in [0, 0.1) is 11.8 Å². The number of rotatable bonds is 2. The zero-order valence-electron chi connectivity index (χ0n) is 15.3. The van der Waals surface area contributed by atoms with Crippen molar-refractivity contribution >= 4 is 5.91 Å². The van der Waals surface area contributed by atoms with E-state index in [0.717, 1.165) is 32.7 Å². The summed E-state index contributed by atoms with van der Waals surface area (Å²) in [6, 6.07) is 11.0. The summed E-state index contributed by atoms with van der Waals surface area (Å²) >= 11 is 0. The molecule has 3 fully saturated rings. The summed E-state index contributed by atoms with van der Waals surface area (Å²) in [5, 5.41) is 10.9. The fraction of sp³-hybridized carbons (Fsp3) is 0.650. The summed E-state index contributed by atoms with van der Waals surface area (Å²) < 4.78 is 0. The number of carbonyl (C=O) groups is 1. The molecular weight excluding hydrogens is 314 g/mol. The number of fused-ring (bicyclic) bond motifs is 1. The predicted molar refractivity (Wildman–Crippen MR) is 97.1 cm³/mol. The molecule has 0 radical (unpaired) electrons. The van der Waals surface area contributed by atoms with E-state index in [0.29, 0.717) is 30.7 Å². The van der Waals surface area contributed by atoms with E-state index in [1.807, 2.05) is 11.9 Å². The largest absolute Gasteiger partial charge is 0.380 e. The highest BCUT2D eigenvalue weighted by molar-refractivity contribution is 5.85. The molecule has 3 atom stereocenters. The maximum atomic E-state index is 13.0. The number of piperidine rings is 1. The van der Waals surface area contributed by atoms with Crippen LogP contribution in [-0.4, -0.2) is 78.1 Å². The lowest BCUT2D eigenvalue weighted by atomic mass is 9.89. The van der Waals surface area contributed by atoms with Gasteiger partial charge in [0, 0.05) is 44.7 Å². The van der Waals surface area contributed by atoms with Crippen molar-refractivity contribution in [2.45, 2.75) is 24.5 Å². The fourth-order valence-electron chi connectivity index (χ4n) is 5.07. The normalized spacial score (nSPS) is 32.8. The van der Waals surface area contributed by atoms with Crippen LogP contribution in [0.15, 0.2) is 30.3 Å². The van der Waals surface area contributed by atoms with Crippen LogP contribution >= 0.6 is 0 Å². The van der Waals surface area contributed by atoms with Crippen molar-refractivity contribution in [1.82, 2.24) is 14.7 Å². The first-order valence-corrected chi connectivity index (χ1v) is 9.43. The van der Waals surface area contributed by atoms with Gasteiger partial charge in [-0.05, 0) is 38.4 Å². The van der Waals surface area contributed by atoms with Crippen LogP contribution < -0.4 is 0 Å². The minimum atomic E-state index is -1.15. The van der Waals surface area contributed by atoms with E-state index < -0.39 is 5.60 Å². The van der Waals surface area contributed by atoms with E-state index in [1.54, 1.807) is 0 Å². The van der Waals surface area contributed by atoms with Crippen LogP contribution in [0.1, 0.15) is 24.4 Å². The first kappa shape index (κ1) is 17.0. The lowest BCUT2D eigenvalue weighted by Crippen LogP contribution is -2.54. The van der Waals surface area contributed by atoms with Crippen molar-refractivity contribution in [2.75, 3.05) is 46.8 Å². The number of aliphatic hydroxyl groups is 1. The molecule has 1 amide bonds. The topological polar surface area (TPSA) is 47.0 Å². The highest BCUT2D eigenvalue weighted by Gasteiger charge is 2.50. The van der Waals surface area contributed by atoms with Crippen LogP contribution in [0.25, 0.3) is 0 Å². The van der Waals surface area contributed by atoms with E-state index in [4.69, 9.17) is 0 Å². The number of benzene rings is 1. The molecule has 3 aliphatic rings. The Hall–Kier alpha value is -1.43. The van der Waals surface area contributed by atoms with Crippen molar-refractivity contribution in [1.29, 1.82) is 0 Å². The van der Waals surface area contributed by atoms with Gasteiger partial charge >= 0.3 is 0 Å². The smallest absolute Gasteiger partial charge is 0.254 e. The van der Waals surface area contributed by atoms with Crippen molar-refractivity contribution in [2.24, 2.45) is 11.8 Å². The second-order valence-corrected chi connectivity index (χ2v) is 8.26. The average Bonchev–Trinajstić information content (AvgIpc) is 3.14. The molecule has 0 aromatic heterocycles.